The highest BCUT2D eigenvalue weighted by Crippen LogP contribution is 2.37. The van der Waals surface area contributed by atoms with Crippen molar-refractivity contribution in [1.29, 1.82) is 0 Å². The van der Waals surface area contributed by atoms with E-state index in [9.17, 15) is 14.7 Å². The summed E-state index contributed by atoms with van der Waals surface area (Å²) in [7, 11) is 0. The number of pyridine rings is 1. The quantitative estimate of drug-likeness (QED) is 0.125. The summed E-state index contributed by atoms with van der Waals surface area (Å²) in [6.45, 7) is 4.78. The molecule has 9 nitrogen and oxygen atoms in total. The number of hydrogen-bond acceptors (Lipinski definition) is 8. The number of carbonyl (C=O) groups excluding carboxylic acids is 2. The van der Waals surface area contributed by atoms with Gasteiger partial charge < -0.3 is 32.1 Å². The van der Waals surface area contributed by atoms with E-state index in [-0.39, 0.29) is 34.2 Å². The van der Waals surface area contributed by atoms with Gasteiger partial charge >= 0.3 is 0 Å². The molecule has 3 heterocycles. The van der Waals surface area contributed by atoms with E-state index < -0.39 is 12.0 Å². The summed E-state index contributed by atoms with van der Waals surface area (Å²) in [5.74, 6) is 0.263. The zero-order valence-electron chi connectivity index (χ0n) is 24.5. The highest BCUT2D eigenvalue weighted by Gasteiger charge is 2.24. The van der Waals surface area contributed by atoms with Crippen molar-refractivity contribution in [1.82, 2.24) is 15.6 Å². The molecule has 1 saturated heterocycles. The number of amides is 2. The number of aliphatic hydroxyl groups excluding tert-OH is 1. The molecule has 0 saturated carbocycles. The van der Waals surface area contributed by atoms with E-state index in [1.54, 1.807) is 12.1 Å². The molecule has 1 unspecified atom stereocenters. The lowest BCUT2D eigenvalue weighted by Crippen LogP contribution is -2.44. The first-order valence-electron chi connectivity index (χ1n) is 14.9. The Bertz CT molecular complexity index is 1550. The van der Waals surface area contributed by atoms with Gasteiger partial charge in [0.05, 0.1) is 11.8 Å². The number of carbonyl (C=O) groups is 2. The lowest BCUT2D eigenvalue weighted by Gasteiger charge is -2.34. The fourth-order valence-corrected chi connectivity index (χ4v) is 6.62. The topological polar surface area (TPSA) is 147 Å². The number of nitrogens with one attached hydrogen (secondary N) is 2. The summed E-state index contributed by atoms with van der Waals surface area (Å²) in [5.41, 5.74) is 15.9. The normalized spacial score (nSPS) is 13.7. The molecule has 46 heavy (non-hydrogen) atoms. The largest absolute Gasteiger partial charge is 0.397 e. The summed E-state index contributed by atoms with van der Waals surface area (Å²) in [4.78, 5) is 32.7. The number of aromatic nitrogens is 1. The maximum absolute atomic E-state index is 12.5. The summed E-state index contributed by atoms with van der Waals surface area (Å²) >= 11 is 1.27. The van der Waals surface area contributed by atoms with Crippen molar-refractivity contribution in [3.05, 3.63) is 87.8 Å². The van der Waals surface area contributed by atoms with Gasteiger partial charge in [-0.3, -0.25) is 9.59 Å². The molecule has 0 radical (unpaired) electrons. The van der Waals surface area contributed by atoms with Crippen LogP contribution >= 0.6 is 11.3 Å². The lowest BCUT2D eigenvalue weighted by molar-refractivity contribution is 0.0952. The van der Waals surface area contributed by atoms with Crippen LogP contribution in [-0.4, -0.2) is 54.1 Å². The van der Waals surface area contributed by atoms with E-state index in [1.807, 2.05) is 42.5 Å². The Labute approximate surface area is 278 Å². The van der Waals surface area contributed by atoms with Crippen LogP contribution in [0.5, 0.6) is 0 Å². The van der Waals surface area contributed by atoms with Crippen LogP contribution in [0.3, 0.4) is 0 Å². The lowest BCUT2D eigenvalue weighted by atomic mass is 10.0. The number of nitrogens with two attached hydrogens (primary N) is 2. The molecule has 4 aromatic rings. The van der Waals surface area contributed by atoms with Crippen molar-refractivity contribution < 1.29 is 14.7 Å². The molecule has 2 amide bonds. The molecule has 10 heteroatoms. The van der Waals surface area contributed by atoms with E-state index in [2.05, 4.69) is 28.5 Å². The number of fused-ring (bicyclic) bond motifs is 1. The fourth-order valence-electron chi connectivity index (χ4n) is 5.63. The number of anilines is 2. The molecule has 2 aromatic heterocycles. The molecule has 1 atom stereocenters. The number of rotatable bonds is 12. The number of aryl methyl sites for hydroxylation is 1. The number of hydrogen-bond donors (Lipinski definition) is 5. The van der Waals surface area contributed by atoms with E-state index >= 15 is 0 Å². The van der Waals surface area contributed by atoms with Crippen molar-refractivity contribution in [3.8, 4) is 0 Å². The van der Waals surface area contributed by atoms with Gasteiger partial charge in [-0.1, -0.05) is 78.1 Å². The minimum Gasteiger partial charge on any atom is -0.397 e. The van der Waals surface area contributed by atoms with Gasteiger partial charge in [0.1, 0.15) is 15.5 Å². The maximum Gasteiger partial charge on any atom is 0.260 e. The first-order chi connectivity index (χ1) is 20.8. The summed E-state index contributed by atoms with van der Waals surface area (Å²) < 4.78 is 0. The zero-order chi connectivity index (χ0) is 30.3. The van der Waals surface area contributed by atoms with Crippen LogP contribution in [0.15, 0.2) is 60.7 Å². The number of piperidine rings is 1. The number of benzene rings is 2. The van der Waals surface area contributed by atoms with Gasteiger partial charge in [-0.2, -0.15) is 0 Å². The fraction of sp³-hybridized carbons (Fsp3) is 0.417. The van der Waals surface area contributed by atoms with Crippen LogP contribution in [0, 0.1) is 0 Å². The van der Waals surface area contributed by atoms with Gasteiger partial charge in [0, 0.05) is 43.2 Å². The summed E-state index contributed by atoms with van der Waals surface area (Å²) in [6, 6.07) is 19.6. The molecule has 7 N–H and O–H groups in total. The molecule has 0 aliphatic carbocycles. The Morgan fingerprint density at radius 3 is 2.35 bits per heavy atom. The van der Waals surface area contributed by atoms with Gasteiger partial charge in [0.2, 0.25) is 0 Å². The number of nitrogen functional groups attached to an aromatic ring is 1. The Kier molecular flexibility index (Phi) is 14.6. The highest BCUT2D eigenvalue weighted by atomic mass is 32.1. The maximum atomic E-state index is 12.5. The second kappa shape index (κ2) is 17.6. The van der Waals surface area contributed by atoms with E-state index in [0.717, 1.165) is 72.4 Å². The molecular formula is C36H52N6O3S. The standard InChI is InChI=1S/C33H40N6O3S.3CH4/c1-2-6-24-19-27(38-33-28(24)29(34)30(43-33)31(35)41)39-17-14-25(15-18-39)37-20-26(40)22-9-11-23(12-10-22)32(42)36-16-13-21-7-4-3-5-8-21;;;/h3-5,7-12,19,25-26,37,40H,2,6,13-18,20,34H2,1H3,(H2,35,41)(H,36,42);3*1H4. The smallest absolute Gasteiger partial charge is 0.260 e. The minimum atomic E-state index is -0.669. The Hall–Kier alpha value is -3.99. The molecule has 1 aliphatic rings. The van der Waals surface area contributed by atoms with Crippen molar-refractivity contribution >= 4 is 44.9 Å². The first-order valence-corrected chi connectivity index (χ1v) is 15.8. The second-order valence-electron chi connectivity index (χ2n) is 11.1. The SMILES string of the molecule is C.C.C.CCCc1cc(N2CCC(NCC(O)c3ccc(C(=O)NCCc4ccccc4)cc3)CC2)nc2sc(C(N)=O)c(N)c12. The van der Waals surface area contributed by atoms with Crippen LogP contribution in [0.2, 0.25) is 0 Å². The third kappa shape index (κ3) is 9.05. The van der Waals surface area contributed by atoms with Gasteiger partial charge in [-0.05, 0) is 60.6 Å². The van der Waals surface area contributed by atoms with Gasteiger partial charge in [0.25, 0.3) is 11.8 Å². The zero-order valence-corrected chi connectivity index (χ0v) is 25.3. The Morgan fingerprint density at radius 2 is 1.72 bits per heavy atom. The number of primary amides is 1. The van der Waals surface area contributed by atoms with Crippen molar-refractivity contribution in [2.75, 3.05) is 36.8 Å². The molecule has 5 rings (SSSR count). The van der Waals surface area contributed by atoms with Gasteiger partial charge in [-0.25, -0.2) is 4.98 Å². The average Bonchev–Trinajstić information content (AvgIpc) is 3.37. The van der Waals surface area contributed by atoms with E-state index in [0.29, 0.717) is 29.2 Å². The van der Waals surface area contributed by atoms with E-state index in [4.69, 9.17) is 16.5 Å². The van der Waals surface area contributed by atoms with E-state index in [1.165, 1.54) is 16.9 Å². The monoisotopic (exact) mass is 648 g/mol. The third-order valence-corrected chi connectivity index (χ3v) is 9.14. The highest BCUT2D eigenvalue weighted by molar-refractivity contribution is 7.21. The molecule has 1 aliphatic heterocycles. The molecule has 2 aromatic carbocycles. The minimum absolute atomic E-state index is 0. The van der Waals surface area contributed by atoms with Crippen molar-refractivity contribution in [2.24, 2.45) is 5.73 Å². The van der Waals surface area contributed by atoms with Gasteiger partial charge in [0.15, 0.2) is 0 Å². The molecular weight excluding hydrogens is 597 g/mol. The average molecular weight is 649 g/mol. The third-order valence-electron chi connectivity index (χ3n) is 8.03. The number of aliphatic hydroxyl groups is 1. The summed E-state index contributed by atoms with van der Waals surface area (Å²) in [6.07, 6.45) is 3.74. The first kappa shape index (κ1) is 38.2. The van der Waals surface area contributed by atoms with Crippen LogP contribution < -0.4 is 27.0 Å². The number of thiophene rings is 1. The second-order valence-corrected chi connectivity index (χ2v) is 12.1. The molecule has 1 fully saturated rings. The van der Waals surface area contributed by atoms with Crippen molar-refractivity contribution in [3.63, 3.8) is 0 Å². The summed E-state index contributed by atoms with van der Waals surface area (Å²) in [5, 5.41) is 18.1. The van der Waals surface area contributed by atoms with Gasteiger partial charge in [-0.15, -0.1) is 11.3 Å². The Morgan fingerprint density at radius 1 is 1.04 bits per heavy atom. The van der Waals surface area contributed by atoms with Crippen LogP contribution in [0.25, 0.3) is 10.2 Å². The predicted octanol–water partition coefficient (Wildman–Crippen LogP) is 6.10. The molecule has 250 valence electrons. The van der Waals surface area contributed by atoms with Crippen molar-refractivity contribution in [2.45, 2.75) is 73.5 Å². The molecule has 0 spiro atoms. The van der Waals surface area contributed by atoms with Crippen LogP contribution in [0.4, 0.5) is 11.5 Å². The molecule has 0 bridgehead atoms. The predicted molar refractivity (Wildman–Crippen MR) is 194 cm³/mol. The Balaban J connectivity index is 0.00000245. The van der Waals surface area contributed by atoms with Crippen LogP contribution in [-0.2, 0) is 12.8 Å². The number of nitrogens with zero attached hydrogens (tertiary/aromatic N) is 2. The van der Waals surface area contributed by atoms with Crippen LogP contribution in [0.1, 0.15) is 91.3 Å².